The lowest BCUT2D eigenvalue weighted by Crippen LogP contribution is -2.45. The average Bonchev–Trinajstić information content (AvgIpc) is 3.25. The van der Waals surface area contributed by atoms with E-state index in [9.17, 15) is 14.7 Å². The van der Waals surface area contributed by atoms with Gasteiger partial charge in [0.1, 0.15) is 6.61 Å². The van der Waals surface area contributed by atoms with Gasteiger partial charge in [0.25, 0.3) is 0 Å². The summed E-state index contributed by atoms with van der Waals surface area (Å²) in [6.07, 6.45) is 1.90. The van der Waals surface area contributed by atoms with Gasteiger partial charge in [-0.15, -0.1) is 0 Å². The minimum atomic E-state index is -0.583. The van der Waals surface area contributed by atoms with Crippen molar-refractivity contribution in [1.29, 1.82) is 0 Å². The number of aliphatic hydroxyl groups excluding tert-OH is 1. The maximum atomic E-state index is 12.5. The Labute approximate surface area is 123 Å². The van der Waals surface area contributed by atoms with Crippen molar-refractivity contribution in [3.05, 3.63) is 35.9 Å². The van der Waals surface area contributed by atoms with Crippen molar-refractivity contribution < 1.29 is 19.4 Å². The normalized spacial score (nSPS) is 23.0. The zero-order valence-electron chi connectivity index (χ0n) is 11.8. The molecule has 1 aromatic carbocycles. The molecule has 1 unspecified atom stereocenters. The van der Waals surface area contributed by atoms with Gasteiger partial charge in [0.2, 0.25) is 5.91 Å². The van der Waals surface area contributed by atoms with Crippen LogP contribution in [-0.4, -0.2) is 41.3 Å². The molecule has 2 aliphatic rings. The summed E-state index contributed by atoms with van der Waals surface area (Å²) in [4.78, 5) is 25.6. The number of ether oxygens (including phenoxy) is 1. The van der Waals surface area contributed by atoms with Crippen LogP contribution in [0.2, 0.25) is 0 Å². The number of carbonyl (C=O) groups is 2. The third-order valence-corrected chi connectivity index (χ3v) is 4.22. The van der Waals surface area contributed by atoms with Crippen molar-refractivity contribution in [2.75, 3.05) is 13.2 Å². The molecule has 112 valence electrons. The first-order valence-electron chi connectivity index (χ1n) is 7.35. The van der Waals surface area contributed by atoms with Gasteiger partial charge in [-0.2, -0.15) is 0 Å². The highest BCUT2D eigenvalue weighted by Gasteiger charge is 2.45. The standard InChI is InChI=1S/C16H19NO4/c18-9-14(12-6-7-12)15(19)17-13(10-21-16(17)20)8-11-4-2-1-3-5-11/h1-5,12-14,18H,6-10H2/t13-,14?/m0/s1. The predicted molar refractivity (Wildman–Crippen MR) is 75.4 cm³/mol. The minimum Gasteiger partial charge on any atom is -0.447 e. The highest BCUT2D eigenvalue weighted by atomic mass is 16.6. The highest BCUT2D eigenvalue weighted by Crippen LogP contribution is 2.38. The Morgan fingerprint density at radius 1 is 1.33 bits per heavy atom. The molecular formula is C16H19NO4. The fraction of sp³-hybridized carbons (Fsp3) is 0.500. The number of hydrogen-bond acceptors (Lipinski definition) is 4. The van der Waals surface area contributed by atoms with E-state index in [0.717, 1.165) is 18.4 Å². The molecule has 2 fully saturated rings. The molecule has 1 aromatic rings. The molecule has 0 aromatic heterocycles. The van der Waals surface area contributed by atoms with Gasteiger partial charge in [-0.25, -0.2) is 9.69 Å². The van der Waals surface area contributed by atoms with Crippen LogP contribution < -0.4 is 0 Å². The maximum absolute atomic E-state index is 12.5. The van der Waals surface area contributed by atoms with Crippen LogP contribution in [0.3, 0.4) is 0 Å². The molecule has 1 heterocycles. The summed E-state index contributed by atoms with van der Waals surface area (Å²) in [5, 5.41) is 9.43. The number of aliphatic hydroxyl groups is 1. The summed E-state index contributed by atoms with van der Waals surface area (Å²) in [5.41, 5.74) is 1.06. The van der Waals surface area contributed by atoms with Gasteiger partial charge in [-0.1, -0.05) is 30.3 Å². The number of benzene rings is 1. The second-order valence-corrected chi connectivity index (χ2v) is 5.76. The van der Waals surface area contributed by atoms with Crippen LogP contribution in [0, 0.1) is 11.8 Å². The molecule has 2 amide bonds. The summed E-state index contributed by atoms with van der Waals surface area (Å²) in [6.45, 7) is 0.0214. The molecule has 3 rings (SSSR count). The van der Waals surface area contributed by atoms with E-state index in [1.54, 1.807) is 0 Å². The second kappa shape index (κ2) is 5.85. The predicted octanol–water partition coefficient (Wildman–Crippen LogP) is 1.59. The molecule has 5 nitrogen and oxygen atoms in total. The lowest BCUT2D eigenvalue weighted by molar-refractivity contribution is -0.135. The van der Waals surface area contributed by atoms with E-state index in [2.05, 4.69) is 0 Å². The Bertz CT molecular complexity index is 526. The van der Waals surface area contributed by atoms with Crippen LogP contribution >= 0.6 is 0 Å². The number of cyclic esters (lactones) is 1. The van der Waals surface area contributed by atoms with Crippen molar-refractivity contribution in [3.63, 3.8) is 0 Å². The van der Waals surface area contributed by atoms with Crippen LogP contribution in [0.5, 0.6) is 0 Å². The summed E-state index contributed by atoms with van der Waals surface area (Å²) >= 11 is 0. The number of imide groups is 1. The van der Waals surface area contributed by atoms with E-state index in [1.165, 1.54) is 4.90 Å². The van der Waals surface area contributed by atoms with Gasteiger partial charge in [0.15, 0.2) is 0 Å². The van der Waals surface area contributed by atoms with Crippen molar-refractivity contribution >= 4 is 12.0 Å². The molecule has 21 heavy (non-hydrogen) atoms. The first-order valence-corrected chi connectivity index (χ1v) is 7.35. The molecule has 1 N–H and O–H groups in total. The van der Waals surface area contributed by atoms with E-state index in [4.69, 9.17) is 4.74 Å². The molecule has 5 heteroatoms. The molecule has 2 atom stereocenters. The second-order valence-electron chi connectivity index (χ2n) is 5.76. The Morgan fingerprint density at radius 2 is 2.05 bits per heavy atom. The molecular weight excluding hydrogens is 270 g/mol. The Morgan fingerprint density at radius 3 is 2.67 bits per heavy atom. The zero-order valence-corrected chi connectivity index (χ0v) is 11.8. The van der Waals surface area contributed by atoms with Crippen molar-refractivity contribution in [2.24, 2.45) is 11.8 Å². The third-order valence-electron chi connectivity index (χ3n) is 4.22. The van der Waals surface area contributed by atoms with Crippen molar-refractivity contribution in [3.8, 4) is 0 Å². The molecule has 0 bridgehead atoms. The van der Waals surface area contributed by atoms with Gasteiger partial charge in [0, 0.05) is 0 Å². The lowest BCUT2D eigenvalue weighted by atomic mass is 10.0. The van der Waals surface area contributed by atoms with Crippen molar-refractivity contribution in [1.82, 2.24) is 4.90 Å². The monoisotopic (exact) mass is 289 g/mol. The third kappa shape index (κ3) is 2.93. The molecule has 1 saturated heterocycles. The van der Waals surface area contributed by atoms with Gasteiger partial charge in [-0.3, -0.25) is 4.79 Å². The summed E-state index contributed by atoms with van der Waals surface area (Å²) in [6, 6.07) is 9.45. The Balaban J connectivity index is 1.74. The highest BCUT2D eigenvalue weighted by molar-refractivity contribution is 5.95. The van der Waals surface area contributed by atoms with Crippen LogP contribution in [0.15, 0.2) is 30.3 Å². The van der Waals surface area contributed by atoms with E-state index in [-0.39, 0.29) is 31.1 Å². The van der Waals surface area contributed by atoms with E-state index in [0.29, 0.717) is 6.42 Å². The van der Waals surface area contributed by atoms with Crippen LogP contribution in [0.25, 0.3) is 0 Å². The van der Waals surface area contributed by atoms with E-state index >= 15 is 0 Å². The minimum absolute atomic E-state index is 0.203. The zero-order chi connectivity index (χ0) is 14.8. The quantitative estimate of drug-likeness (QED) is 0.894. The topological polar surface area (TPSA) is 66.8 Å². The number of hydrogen-bond donors (Lipinski definition) is 1. The number of amides is 2. The Hall–Kier alpha value is -1.88. The maximum Gasteiger partial charge on any atom is 0.416 e. The van der Waals surface area contributed by atoms with Crippen molar-refractivity contribution in [2.45, 2.75) is 25.3 Å². The van der Waals surface area contributed by atoms with Crippen LogP contribution in [0.1, 0.15) is 18.4 Å². The largest absolute Gasteiger partial charge is 0.447 e. The van der Waals surface area contributed by atoms with Gasteiger partial charge < -0.3 is 9.84 Å². The number of carbonyl (C=O) groups excluding carboxylic acids is 2. The molecule has 1 aliphatic heterocycles. The van der Waals surface area contributed by atoms with Gasteiger partial charge >= 0.3 is 6.09 Å². The Kier molecular flexibility index (Phi) is 3.92. The molecule has 1 saturated carbocycles. The molecule has 1 aliphatic carbocycles. The lowest BCUT2D eigenvalue weighted by Gasteiger charge is -2.23. The van der Waals surface area contributed by atoms with Crippen LogP contribution in [-0.2, 0) is 16.0 Å². The number of rotatable bonds is 5. The molecule has 0 spiro atoms. The first-order chi connectivity index (χ1) is 10.2. The summed E-state index contributed by atoms with van der Waals surface area (Å²) < 4.78 is 5.05. The van der Waals surface area contributed by atoms with Crippen LogP contribution in [0.4, 0.5) is 4.79 Å². The van der Waals surface area contributed by atoms with Gasteiger partial charge in [0.05, 0.1) is 18.6 Å². The van der Waals surface area contributed by atoms with E-state index < -0.39 is 12.0 Å². The summed E-state index contributed by atoms with van der Waals surface area (Å²) in [7, 11) is 0. The fourth-order valence-electron chi connectivity index (χ4n) is 2.87. The summed E-state index contributed by atoms with van der Waals surface area (Å²) in [5.74, 6) is -0.536. The fourth-order valence-corrected chi connectivity index (χ4v) is 2.87. The first kappa shape index (κ1) is 14.1. The molecule has 0 radical (unpaired) electrons. The van der Waals surface area contributed by atoms with E-state index in [1.807, 2.05) is 30.3 Å². The number of nitrogens with zero attached hydrogens (tertiary/aromatic N) is 1. The smallest absolute Gasteiger partial charge is 0.416 e. The average molecular weight is 289 g/mol. The van der Waals surface area contributed by atoms with Gasteiger partial charge in [-0.05, 0) is 30.7 Å². The SMILES string of the molecule is O=C1OC[C@H](Cc2ccccc2)N1C(=O)C(CO)C1CC1.